The van der Waals surface area contributed by atoms with Crippen LogP contribution in [0.2, 0.25) is 0 Å². The predicted octanol–water partition coefficient (Wildman–Crippen LogP) is 5.03. The van der Waals surface area contributed by atoms with Gasteiger partial charge in [-0.2, -0.15) is 4.31 Å². The number of pyridine rings is 1. The van der Waals surface area contributed by atoms with E-state index in [0.29, 0.717) is 29.4 Å². The van der Waals surface area contributed by atoms with Gasteiger partial charge in [0.15, 0.2) is 0 Å². The zero-order valence-corrected chi connectivity index (χ0v) is 22.8. The van der Waals surface area contributed by atoms with Crippen LogP contribution in [0.5, 0.6) is 5.75 Å². The molecule has 9 heteroatoms. The number of anilines is 2. The van der Waals surface area contributed by atoms with E-state index in [1.54, 1.807) is 31.3 Å². The predicted molar refractivity (Wildman–Crippen MR) is 149 cm³/mol. The van der Waals surface area contributed by atoms with E-state index in [4.69, 9.17) is 10.5 Å². The molecule has 38 heavy (non-hydrogen) atoms. The van der Waals surface area contributed by atoms with E-state index in [9.17, 15) is 13.5 Å². The molecule has 2 aromatic carbocycles. The number of hydrogen-bond donors (Lipinski definition) is 3. The van der Waals surface area contributed by atoms with Gasteiger partial charge in [0.2, 0.25) is 10.0 Å². The Morgan fingerprint density at radius 1 is 1.21 bits per heavy atom. The van der Waals surface area contributed by atoms with E-state index in [1.165, 1.54) is 4.31 Å². The second-order valence-corrected chi connectivity index (χ2v) is 11.9. The first kappa shape index (κ1) is 26.1. The van der Waals surface area contributed by atoms with E-state index in [-0.39, 0.29) is 30.5 Å². The largest absolute Gasteiger partial charge is 0.512 e. The molecular formula is C29H34N4O4S. The fraction of sp³-hybridized carbons (Fsp3) is 0.345. The lowest BCUT2D eigenvalue weighted by Crippen LogP contribution is -2.32. The normalized spacial score (nSPS) is 17.2. The van der Waals surface area contributed by atoms with Crippen molar-refractivity contribution in [3.05, 3.63) is 87.8 Å². The Kier molecular flexibility index (Phi) is 7.07. The van der Waals surface area contributed by atoms with Crippen LogP contribution in [0.15, 0.2) is 64.9 Å². The molecule has 0 saturated heterocycles. The summed E-state index contributed by atoms with van der Waals surface area (Å²) in [5, 5.41) is 13.9. The number of nitrogens with zero attached hydrogens (tertiary/aromatic N) is 2. The number of aliphatic hydroxyl groups excluding tert-OH is 1. The van der Waals surface area contributed by atoms with Crippen molar-refractivity contribution in [1.29, 1.82) is 0 Å². The third kappa shape index (κ3) is 4.96. The number of nitrogens with one attached hydrogen (secondary N) is 1. The minimum Gasteiger partial charge on any atom is -0.512 e. The molecule has 0 amide bonds. The zero-order chi connectivity index (χ0) is 27.0. The number of hydrogen-bond acceptors (Lipinski definition) is 7. The third-order valence-electron chi connectivity index (χ3n) is 7.53. The molecule has 1 aliphatic heterocycles. The average Bonchev–Trinajstić information content (AvgIpc) is 3.76. The second kappa shape index (κ2) is 10.3. The van der Waals surface area contributed by atoms with Crippen LogP contribution in [-0.2, 0) is 16.6 Å². The molecule has 0 bridgehead atoms. The van der Waals surface area contributed by atoms with Crippen LogP contribution in [0.3, 0.4) is 0 Å². The maximum Gasteiger partial charge on any atom is 0.247 e. The molecule has 4 N–H and O–H groups in total. The van der Waals surface area contributed by atoms with Crippen molar-refractivity contribution in [2.24, 2.45) is 0 Å². The number of ether oxygens (including phenoxy) is 1. The number of nitrogen functional groups attached to an aromatic ring is 1. The molecule has 1 aromatic heterocycles. The van der Waals surface area contributed by atoms with Crippen LogP contribution >= 0.6 is 0 Å². The first-order valence-electron chi connectivity index (χ1n) is 12.8. The van der Waals surface area contributed by atoms with Gasteiger partial charge in [0.25, 0.3) is 0 Å². The van der Waals surface area contributed by atoms with Crippen LogP contribution < -0.4 is 15.8 Å². The van der Waals surface area contributed by atoms with Crippen LogP contribution in [-0.4, -0.2) is 43.0 Å². The number of sulfonamides is 1. The van der Waals surface area contributed by atoms with E-state index in [2.05, 4.69) is 16.4 Å². The summed E-state index contributed by atoms with van der Waals surface area (Å²) in [5.74, 6) is 1.23. The standard InChI is InChI=1S/C29H34N4O4S/c1-18-8-9-21(14-22(18)17-33-12-13-37-26-6-4-5-7-27(26)38(33,35)36)23(15-25(34)20-10-11-20)24-16-32-29(31-3)28(30)19(24)2/h4-9,14,16,23,34H,10-13,15,17,30H2,1-3H3,(H,31,32). The number of rotatable bonds is 7. The van der Waals surface area contributed by atoms with Gasteiger partial charge in [0, 0.05) is 38.7 Å². The molecule has 5 rings (SSSR count). The average molecular weight is 535 g/mol. The number of fused-ring (bicyclic) bond motifs is 1. The molecule has 1 atom stereocenters. The summed E-state index contributed by atoms with van der Waals surface area (Å²) < 4.78 is 34.3. The van der Waals surface area contributed by atoms with Gasteiger partial charge in [-0.25, -0.2) is 13.4 Å². The molecule has 1 fully saturated rings. The monoisotopic (exact) mass is 534 g/mol. The summed E-state index contributed by atoms with van der Waals surface area (Å²) in [6.07, 6.45) is 4.10. The summed E-state index contributed by atoms with van der Waals surface area (Å²) in [5.41, 5.74) is 12.8. The highest BCUT2D eigenvalue weighted by atomic mass is 32.2. The summed E-state index contributed by atoms with van der Waals surface area (Å²) >= 11 is 0. The van der Waals surface area contributed by atoms with Gasteiger partial charge in [-0.3, -0.25) is 0 Å². The Morgan fingerprint density at radius 3 is 2.71 bits per heavy atom. The fourth-order valence-corrected chi connectivity index (χ4v) is 6.55. The summed E-state index contributed by atoms with van der Waals surface area (Å²) in [4.78, 5) is 4.71. The highest BCUT2D eigenvalue weighted by Gasteiger charge is 2.31. The topological polar surface area (TPSA) is 118 Å². The maximum atomic E-state index is 13.5. The van der Waals surface area contributed by atoms with Gasteiger partial charge < -0.3 is 20.9 Å². The number of aromatic nitrogens is 1. The third-order valence-corrected chi connectivity index (χ3v) is 9.41. The van der Waals surface area contributed by atoms with Gasteiger partial charge in [-0.05, 0) is 72.2 Å². The number of aliphatic hydroxyl groups is 1. The second-order valence-electron chi connectivity index (χ2n) is 9.98. The molecule has 1 unspecified atom stereocenters. The Bertz CT molecular complexity index is 1510. The van der Waals surface area contributed by atoms with Crippen LogP contribution in [0, 0.1) is 13.8 Å². The molecule has 1 saturated carbocycles. The minimum absolute atomic E-state index is 0.187. The Balaban J connectivity index is 1.54. The van der Waals surface area contributed by atoms with Crippen molar-refractivity contribution in [2.45, 2.75) is 50.5 Å². The number of nitrogens with two attached hydrogens (primary N) is 1. The van der Waals surface area contributed by atoms with Crippen LogP contribution in [0.25, 0.3) is 0 Å². The Hall–Kier alpha value is -3.56. The molecule has 2 aliphatic rings. The fourth-order valence-electron chi connectivity index (χ4n) is 5.01. The van der Waals surface area contributed by atoms with Crippen LogP contribution in [0.4, 0.5) is 11.5 Å². The van der Waals surface area contributed by atoms with Crippen molar-refractivity contribution in [3.8, 4) is 5.75 Å². The zero-order valence-electron chi connectivity index (χ0n) is 22.0. The van der Waals surface area contributed by atoms with E-state index < -0.39 is 10.0 Å². The van der Waals surface area contributed by atoms with Crippen molar-refractivity contribution >= 4 is 21.5 Å². The van der Waals surface area contributed by atoms with Gasteiger partial charge in [0.1, 0.15) is 23.1 Å². The number of aryl methyl sites for hydroxylation is 1. The number of benzene rings is 2. The molecule has 0 radical (unpaired) electrons. The van der Waals surface area contributed by atoms with E-state index in [1.807, 2.05) is 32.2 Å². The Morgan fingerprint density at radius 2 is 1.97 bits per heavy atom. The molecule has 2 heterocycles. The Labute approximate surface area is 224 Å². The molecule has 0 spiro atoms. The van der Waals surface area contributed by atoms with E-state index >= 15 is 0 Å². The lowest BCUT2D eigenvalue weighted by molar-refractivity contribution is 0.278. The van der Waals surface area contributed by atoms with Gasteiger partial charge in [-0.1, -0.05) is 30.3 Å². The number of allylic oxidation sites excluding steroid dienone is 2. The summed E-state index contributed by atoms with van der Waals surface area (Å²) in [6, 6.07) is 12.9. The molecular weight excluding hydrogens is 500 g/mol. The van der Waals surface area contributed by atoms with Gasteiger partial charge >= 0.3 is 0 Å². The summed E-state index contributed by atoms with van der Waals surface area (Å²) in [6.45, 7) is 4.71. The first-order chi connectivity index (χ1) is 18.2. The van der Waals surface area contributed by atoms with Crippen molar-refractivity contribution in [3.63, 3.8) is 0 Å². The minimum atomic E-state index is -3.73. The number of para-hydroxylation sites is 1. The highest BCUT2D eigenvalue weighted by Crippen LogP contribution is 2.40. The maximum absolute atomic E-state index is 13.5. The highest BCUT2D eigenvalue weighted by molar-refractivity contribution is 7.89. The SMILES string of the molecule is CNc1ncc(C(CC(O)=C2CC2)c2ccc(C)c(CN3CCOc4ccccc4S3(=O)=O)c2)c(C)c1N. The van der Waals surface area contributed by atoms with Gasteiger partial charge in [0.05, 0.1) is 11.4 Å². The smallest absolute Gasteiger partial charge is 0.247 e. The first-order valence-corrected chi connectivity index (χ1v) is 14.3. The molecule has 8 nitrogen and oxygen atoms in total. The van der Waals surface area contributed by atoms with Crippen LogP contribution in [0.1, 0.15) is 53.0 Å². The van der Waals surface area contributed by atoms with Crippen molar-refractivity contribution in [2.75, 3.05) is 31.2 Å². The molecule has 3 aromatic rings. The molecule has 200 valence electrons. The lowest BCUT2D eigenvalue weighted by atomic mass is 9.84. The molecule has 1 aliphatic carbocycles. The van der Waals surface area contributed by atoms with E-state index in [0.717, 1.165) is 46.2 Å². The quantitative estimate of drug-likeness (QED) is 0.364. The van der Waals surface area contributed by atoms with Crippen molar-refractivity contribution < 1.29 is 18.3 Å². The lowest BCUT2D eigenvalue weighted by Gasteiger charge is -2.24. The van der Waals surface area contributed by atoms with Crippen molar-refractivity contribution in [1.82, 2.24) is 9.29 Å². The summed E-state index contributed by atoms with van der Waals surface area (Å²) in [7, 11) is -1.95. The van der Waals surface area contributed by atoms with Gasteiger partial charge in [-0.15, -0.1) is 0 Å².